The molecule has 5 nitrogen and oxygen atoms in total. The van der Waals surface area contributed by atoms with Gasteiger partial charge in [0.05, 0.1) is 11.3 Å². The van der Waals surface area contributed by atoms with Crippen molar-refractivity contribution in [3.05, 3.63) is 41.5 Å². The Hall–Kier alpha value is -2.50. The summed E-state index contributed by atoms with van der Waals surface area (Å²) in [5.41, 5.74) is 1.37. The monoisotopic (exact) mass is 258 g/mol. The third-order valence-electron chi connectivity index (χ3n) is 3.09. The van der Waals surface area contributed by atoms with Crippen LogP contribution in [0.1, 0.15) is 16.2 Å². The van der Waals surface area contributed by atoms with Gasteiger partial charge in [-0.15, -0.1) is 5.10 Å². The molecule has 0 atom stereocenters. The molecule has 0 fully saturated rings. The molecule has 2 heterocycles. The Labute approximate surface area is 108 Å². The molecule has 2 aromatic heterocycles. The summed E-state index contributed by atoms with van der Waals surface area (Å²) in [6.07, 6.45) is 0.702. The van der Waals surface area contributed by atoms with Crippen molar-refractivity contribution in [1.29, 1.82) is 0 Å². The molecule has 0 N–H and O–H groups in total. The number of fused-ring (bicyclic) bond motifs is 1. The Morgan fingerprint density at radius 1 is 1.32 bits per heavy atom. The van der Waals surface area contributed by atoms with Crippen LogP contribution < -0.4 is 0 Å². The number of hydrogen-bond donors (Lipinski definition) is 0. The van der Waals surface area contributed by atoms with Gasteiger partial charge >= 0.3 is 0 Å². The van der Waals surface area contributed by atoms with Gasteiger partial charge in [0.25, 0.3) is 0 Å². The van der Waals surface area contributed by atoms with E-state index < -0.39 is 0 Å². The number of imidazole rings is 1. The Bertz CT molecular complexity index is 787. The van der Waals surface area contributed by atoms with Crippen molar-refractivity contribution in [3.63, 3.8) is 0 Å². The molecule has 3 aromatic rings. The topological polar surface area (TPSA) is 52.2 Å². The van der Waals surface area contributed by atoms with Crippen LogP contribution in [0.4, 0.5) is 4.39 Å². The highest BCUT2D eigenvalue weighted by Crippen LogP contribution is 2.23. The summed E-state index contributed by atoms with van der Waals surface area (Å²) >= 11 is 0. The van der Waals surface area contributed by atoms with Crippen LogP contribution >= 0.6 is 0 Å². The van der Waals surface area contributed by atoms with E-state index in [9.17, 15) is 9.18 Å². The number of carbonyl (C=O) groups excluding carboxylic acids is 1. The molecular weight excluding hydrogens is 247 g/mol. The first-order valence-corrected chi connectivity index (χ1v) is 5.75. The fourth-order valence-electron chi connectivity index (χ4n) is 2.10. The van der Waals surface area contributed by atoms with Crippen LogP contribution in [-0.2, 0) is 7.05 Å². The van der Waals surface area contributed by atoms with Crippen LogP contribution in [0, 0.1) is 12.7 Å². The number of benzene rings is 1. The van der Waals surface area contributed by atoms with Crippen molar-refractivity contribution in [2.24, 2.45) is 7.05 Å². The van der Waals surface area contributed by atoms with Crippen molar-refractivity contribution in [2.45, 2.75) is 6.92 Å². The number of halogens is 1. The van der Waals surface area contributed by atoms with Gasteiger partial charge in [0, 0.05) is 7.05 Å². The molecule has 0 unspecified atom stereocenters. The molecule has 0 saturated heterocycles. The lowest BCUT2D eigenvalue weighted by Gasteiger charge is -2.01. The number of aryl methyl sites for hydroxylation is 2. The molecule has 0 aliphatic rings. The highest BCUT2D eigenvalue weighted by molar-refractivity contribution is 5.76. The second-order valence-electron chi connectivity index (χ2n) is 4.27. The van der Waals surface area contributed by atoms with Gasteiger partial charge in [-0.05, 0) is 19.1 Å². The van der Waals surface area contributed by atoms with Gasteiger partial charge in [-0.3, -0.25) is 9.36 Å². The number of nitrogens with zero attached hydrogens (tertiary/aromatic N) is 4. The van der Waals surface area contributed by atoms with E-state index in [2.05, 4.69) is 10.1 Å². The van der Waals surface area contributed by atoms with Gasteiger partial charge in [-0.1, -0.05) is 12.1 Å². The average molecular weight is 258 g/mol. The maximum absolute atomic E-state index is 13.8. The van der Waals surface area contributed by atoms with Crippen molar-refractivity contribution < 1.29 is 9.18 Å². The van der Waals surface area contributed by atoms with Gasteiger partial charge < -0.3 is 0 Å². The summed E-state index contributed by atoms with van der Waals surface area (Å²) in [6.45, 7) is 1.74. The van der Waals surface area contributed by atoms with Gasteiger partial charge in [-0.25, -0.2) is 9.37 Å². The summed E-state index contributed by atoms with van der Waals surface area (Å²) < 4.78 is 16.9. The fraction of sp³-hybridized carbons (Fsp3) is 0.154. The maximum atomic E-state index is 13.8. The molecule has 0 saturated carbocycles. The number of aldehydes is 1. The largest absolute Gasteiger partial charge is 0.296 e. The molecule has 0 amide bonds. The first-order valence-electron chi connectivity index (χ1n) is 5.75. The molecule has 0 spiro atoms. The Morgan fingerprint density at radius 2 is 2.05 bits per heavy atom. The fourth-order valence-corrected chi connectivity index (χ4v) is 2.10. The van der Waals surface area contributed by atoms with Gasteiger partial charge in [0.2, 0.25) is 5.78 Å². The lowest BCUT2D eigenvalue weighted by atomic mass is 10.2. The summed E-state index contributed by atoms with van der Waals surface area (Å²) in [5.74, 6) is 0.588. The van der Waals surface area contributed by atoms with Crippen molar-refractivity contribution >= 4 is 12.1 Å². The highest BCUT2D eigenvalue weighted by atomic mass is 19.1. The minimum Gasteiger partial charge on any atom is -0.296 e. The number of rotatable bonds is 2. The minimum atomic E-state index is -0.358. The van der Waals surface area contributed by atoms with Gasteiger partial charge in [-0.2, -0.15) is 4.52 Å². The summed E-state index contributed by atoms with van der Waals surface area (Å²) in [4.78, 5) is 15.3. The van der Waals surface area contributed by atoms with Crippen molar-refractivity contribution in [2.75, 3.05) is 0 Å². The predicted octanol–water partition coefficient (Wildman–Crippen LogP) is 1.99. The van der Waals surface area contributed by atoms with Crippen LogP contribution in [0.2, 0.25) is 0 Å². The molecule has 0 aliphatic carbocycles. The number of aromatic nitrogens is 4. The van der Waals surface area contributed by atoms with Crippen LogP contribution in [0.25, 0.3) is 17.2 Å². The predicted molar refractivity (Wildman–Crippen MR) is 67.5 cm³/mol. The van der Waals surface area contributed by atoms with Crippen molar-refractivity contribution in [1.82, 2.24) is 19.2 Å². The summed E-state index contributed by atoms with van der Waals surface area (Å²) in [5, 5.41) is 4.28. The second-order valence-corrected chi connectivity index (χ2v) is 4.27. The van der Waals surface area contributed by atoms with Crippen molar-refractivity contribution in [3.8, 4) is 11.4 Å². The Morgan fingerprint density at radius 3 is 2.74 bits per heavy atom. The molecule has 1 aromatic carbocycles. The molecular formula is C13H11FN4O. The molecule has 96 valence electrons. The SMILES string of the molecule is Cc1nc2n(C)c(-c3ccccc3F)nn2c1C=O. The standard InChI is InChI=1S/C13H11FN4O/c1-8-11(7-19)18-13(15-8)17(2)12(16-18)9-5-3-4-6-10(9)14/h3-7H,1-2H3. The third-order valence-corrected chi connectivity index (χ3v) is 3.09. The number of hydrogen-bond acceptors (Lipinski definition) is 3. The summed E-state index contributed by atoms with van der Waals surface area (Å²) in [6, 6.07) is 6.37. The van der Waals surface area contributed by atoms with E-state index in [-0.39, 0.29) is 5.82 Å². The second kappa shape index (κ2) is 4.01. The van der Waals surface area contributed by atoms with Gasteiger partial charge in [0.15, 0.2) is 12.1 Å². The lowest BCUT2D eigenvalue weighted by molar-refractivity contribution is 0.111. The Balaban J connectivity index is 2.32. The maximum Gasteiger partial charge on any atom is 0.233 e. The van der Waals surface area contributed by atoms with E-state index in [1.807, 2.05) is 0 Å². The van der Waals surface area contributed by atoms with E-state index >= 15 is 0 Å². The first-order chi connectivity index (χ1) is 9.13. The molecule has 6 heteroatoms. The van der Waals surface area contributed by atoms with Gasteiger partial charge in [0.1, 0.15) is 11.5 Å². The molecule has 0 aliphatic heterocycles. The number of carbonyl (C=O) groups is 1. The minimum absolute atomic E-state index is 0.358. The zero-order chi connectivity index (χ0) is 13.6. The molecule has 0 radical (unpaired) electrons. The van der Waals surface area contributed by atoms with Crippen LogP contribution in [0.5, 0.6) is 0 Å². The molecule has 3 rings (SSSR count). The molecule has 0 bridgehead atoms. The third kappa shape index (κ3) is 1.56. The quantitative estimate of drug-likeness (QED) is 0.660. The van der Waals surface area contributed by atoms with E-state index in [1.54, 1.807) is 36.7 Å². The van der Waals surface area contributed by atoms with E-state index in [0.717, 1.165) is 0 Å². The smallest absolute Gasteiger partial charge is 0.233 e. The first kappa shape index (κ1) is 11.6. The Kier molecular flexibility index (Phi) is 2.45. The average Bonchev–Trinajstić information content (AvgIpc) is 2.87. The summed E-state index contributed by atoms with van der Waals surface area (Å²) in [7, 11) is 1.74. The lowest BCUT2D eigenvalue weighted by Crippen LogP contribution is -1.96. The van der Waals surface area contributed by atoms with Crippen LogP contribution in [0.3, 0.4) is 0 Å². The zero-order valence-corrected chi connectivity index (χ0v) is 10.5. The zero-order valence-electron chi connectivity index (χ0n) is 10.5. The normalized spacial score (nSPS) is 11.1. The van der Waals surface area contributed by atoms with E-state index in [1.165, 1.54) is 10.6 Å². The highest BCUT2D eigenvalue weighted by Gasteiger charge is 2.18. The van der Waals surface area contributed by atoms with E-state index in [0.29, 0.717) is 34.8 Å². The van der Waals surface area contributed by atoms with Crippen LogP contribution in [0.15, 0.2) is 24.3 Å². The van der Waals surface area contributed by atoms with E-state index in [4.69, 9.17) is 0 Å². The molecule has 19 heavy (non-hydrogen) atoms. The van der Waals surface area contributed by atoms with Crippen LogP contribution in [-0.4, -0.2) is 25.5 Å².